The molecule has 0 saturated carbocycles. The van der Waals surface area contributed by atoms with Gasteiger partial charge in [0.05, 0.1) is 11.6 Å². The molecular weight excluding hydrogens is 385 g/mol. The molecule has 0 bridgehead atoms. The van der Waals surface area contributed by atoms with Crippen LogP contribution in [-0.4, -0.2) is 35.4 Å². The van der Waals surface area contributed by atoms with E-state index in [1.165, 1.54) is 0 Å². The van der Waals surface area contributed by atoms with Crippen LogP contribution in [0, 0.1) is 0 Å². The number of nitrogens with zero attached hydrogens (tertiary/aromatic N) is 2. The lowest BCUT2D eigenvalue weighted by atomic mass is 9.76. The predicted molar refractivity (Wildman–Crippen MR) is 121 cm³/mol. The number of ketones is 1. The minimum atomic E-state index is -1.04. The Morgan fingerprint density at radius 1 is 1.21 bits per heavy atom. The van der Waals surface area contributed by atoms with Gasteiger partial charge in [-0.3, -0.25) is 9.78 Å². The van der Waals surface area contributed by atoms with E-state index < -0.39 is 13.0 Å². The molecule has 0 fully saturated rings. The number of carbonyl (C=O) groups is 1. The molecule has 0 amide bonds. The molecule has 1 atom stereocenters. The van der Waals surface area contributed by atoms with Crippen molar-refractivity contribution in [1.82, 2.24) is 4.98 Å². The summed E-state index contributed by atoms with van der Waals surface area (Å²) in [5.41, 5.74) is 8.87. The average Bonchev–Trinajstić information content (AvgIpc) is 2.68. The molecule has 6 nitrogen and oxygen atoms in total. The van der Waals surface area contributed by atoms with E-state index in [9.17, 15) is 9.82 Å². The van der Waals surface area contributed by atoms with Gasteiger partial charge in [0.15, 0.2) is 5.90 Å². The van der Waals surface area contributed by atoms with Crippen molar-refractivity contribution in [3.63, 3.8) is 0 Å². The van der Waals surface area contributed by atoms with Crippen LogP contribution in [0.1, 0.15) is 24.0 Å². The van der Waals surface area contributed by atoms with E-state index in [4.69, 9.17) is 10.4 Å². The lowest BCUT2D eigenvalue weighted by Crippen LogP contribution is -2.38. The minimum absolute atomic E-state index is 0. The first-order valence-corrected chi connectivity index (χ1v) is 9.14. The van der Waals surface area contributed by atoms with Crippen LogP contribution in [-0.2, 0) is 15.9 Å². The summed E-state index contributed by atoms with van der Waals surface area (Å²) in [5, 5.41) is 12.1. The van der Waals surface area contributed by atoms with Crippen LogP contribution in [0.4, 0.5) is 5.69 Å². The smallest absolute Gasteiger partial charge is 0.522 e. The second kappa shape index (κ2) is 8.77. The summed E-state index contributed by atoms with van der Waals surface area (Å²) in [7, 11) is -1.04. The molecule has 1 aliphatic rings. The first-order valence-electron chi connectivity index (χ1n) is 9.14. The first kappa shape index (κ1) is 21.0. The second-order valence-electron chi connectivity index (χ2n) is 6.91. The van der Waals surface area contributed by atoms with E-state index in [0.29, 0.717) is 23.5 Å². The first-order chi connectivity index (χ1) is 13.5. The van der Waals surface area contributed by atoms with Gasteiger partial charge < -0.3 is 15.4 Å². The maximum absolute atomic E-state index is 13.0. The topological polar surface area (TPSA) is 97.8 Å². The molecule has 29 heavy (non-hydrogen) atoms. The number of aliphatic imine (C=N–C) groups is 1. The normalized spacial score (nSPS) is 13.8. The Bertz CT molecular complexity index is 1090. The molecule has 0 saturated heterocycles. The van der Waals surface area contributed by atoms with Gasteiger partial charge in [0.1, 0.15) is 5.78 Å². The average molecular weight is 407 g/mol. The summed E-state index contributed by atoms with van der Waals surface area (Å²) in [6.07, 6.45) is 3.84. The number of aromatic nitrogens is 1. The van der Waals surface area contributed by atoms with Crippen LogP contribution >= 0.6 is 13.5 Å². The number of pyridine rings is 1. The van der Waals surface area contributed by atoms with Crippen molar-refractivity contribution in [2.45, 2.75) is 19.3 Å². The highest BCUT2D eigenvalue weighted by molar-refractivity contribution is 7.59. The van der Waals surface area contributed by atoms with Crippen molar-refractivity contribution >= 4 is 54.2 Å². The SMILES string of the molecule is CC1=Nc2cc([C@@H](CN)C(=O)Cc3ccc4cnccc4c3)ccc2B(O)O1.S. The highest BCUT2D eigenvalue weighted by atomic mass is 32.1. The molecule has 148 valence electrons. The van der Waals surface area contributed by atoms with E-state index >= 15 is 0 Å². The zero-order chi connectivity index (χ0) is 19.7. The second-order valence-corrected chi connectivity index (χ2v) is 6.91. The Kier molecular flexibility index (Phi) is 6.37. The summed E-state index contributed by atoms with van der Waals surface area (Å²) in [6, 6.07) is 13.2. The number of fused-ring (bicyclic) bond motifs is 2. The standard InChI is InChI=1S/C21H20BN3O3.H2S/c1-13-25-20-10-16(4-5-19(20)22(27)28-13)18(11-23)21(26)9-14-2-3-17-12-24-7-6-15(17)8-14;/h2-8,10,12,18,27H,9,11,23H2,1H3;1H2/t18-;/m1./s1. The van der Waals surface area contributed by atoms with Crippen LogP contribution in [0.2, 0.25) is 0 Å². The Hall–Kier alpha value is -2.68. The number of hydrogen-bond donors (Lipinski definition) is 2. The van der Waals surface area contributed by atoms with Crippen LogP contribution < -0.4 is 11.2 Å². The third kappa shape index (κ3) is 4.34. The number of rotatable bonds is 5. The Balaban J connectivity index is 0.00000240. The van der Waals surface area contributed by atoms with Crippen LogP contribution in [0.3, 0.4) is 0 Å². The van der Waals surface area contributed by atoms with Crippen LogP contribution in [0.25, 0.3) is 10.8 Å². The van der Waals surface area contributed by atoms with Crippen molar-refractivity contribution < 1.29 is 14.5 Å². The fourth-order valence-corrected chi connectivity index (χ4v) is 3.52. The largest absolute Gasteiger partial charge is 0.563 e. The van der Waals surface area contributed by atoms with Gasteiger partial charge in [-0.25, -0.2) is 4.99 Å². The van der Waals surface area contributed by atoms with Gasteiger partial charge in [0.2, 0.25) is 0 Å². The van der Waals surface area contributed by atoms with Crippen LogP contribution in [0.5, 0.6) is 0 Å². The third-order valence-electron chi connectivity index (χ3n) is 4.99. The fraction of sp³-hybridized carbons (Fsp3) is 0.190. The van der Waals surface area contributed by atoms with Gasteiger partial charge in [-0.05, 0) is 28.6 Å². The lowest BCUT2D eigenvalue weighted by Gasteiger charge is -2.20. The van der Waals surface area contributed by atoms with Crippen molar-refractivity contribution in [2.24, 2.45) is 10.7 Å². The van der Waals surface area contributed by atoms with E-state index in [0.717, 1.165) is 21.9 Å². The van der Waals surface area contributed by atoms with Gasteiger partial charge >= 0.3 is 7.12 Å². The maximum Gasteiger partial charge on any atom is 0.563 e. The van der Waals surface area contributed by atoms with Crippen LogP contribution in [0.15, 0.2) is 59.9 Å². The van der Waals surface area contributed by atoms with E-state index in [1.54, 1.807) is 25.4 Å². The molecule has 1 aromatic heterocycles. The molecular formula is C21H22BN3O3S. The summed E-state index contributed by atoms with van der Waals surface area (Å²) in [4.78, 5) is 21.4. The molecule has 2 heterocycles. The number of hydrogen-bond acceptors (Lipinski definition) is 6. The molecule has 0 unspecified atom stereocenters. The quantitative estimate of drug-likeness (QED) is 0.631. The molecule has 1 aliphatic heterocycles. The van der Waals surface area contributed by atoms with E-state index in [1.807, 2.05) is 36.4 Å². The molecule has 2 aromatic carbocycles. The molecule has 0 aliphatic carbocycles. The zero-order valence-electron chi connectivity index (χ0n) is 16.0. The van der Waals surface area contributed by atoms with Crippen molar-refractivity contribution in [2.75, 3.05) is 6.54 Å². The Morgan fingerprint density at radius 2 is 2.03 bits per heavy atom. The molecule has 3 aromatic rings. The minimum Gasteiger partial charge on any atom is -0.522 e. The zero-order valence-corrected chi connectivity index (χ0v) is 17.0. The van der Waals surface area contributed by atoms with E-state index in [-0.39, 0.29) is 25.8 Å². The van der Waals surface area contributed by atoms with Gasteiger partial charge in [-0.1, -0.05) is 30.3 Å². The molecule has 4 rings (SSSR count). The van der Waals surface area contributed by atoms with Crippen molar-refractivity contribution in [1.29, 1.82) is 0 Å². The van der Waals surface area contributed by atoms with Gasteiger partial charge in [0, 0.05) is 43.1 Å². The van der Waals surface area contributed by atoms with Gasteiger partial charge in [0.25, 0.3) is 0 Å². The number of carbonyl (C=O) groups excluding carboxylic acids is 1. The molecule has 0 spiro atoms. The Labute approximate surface area is 176 Å². The Morgan fingerprint density at radius 3 is 2.83 bits per heavy atom. The maximum atomic E-state index is 13.0. The number of benzene rings is 2. The molecule has 3 N–H and O–H groups in total. The van der Waals surface area contributed by atoms with Crippen molar-refractivity contribution in [3.8, 4) is 0 Å². The highest BCUT2D eigenvalue weighted by Gasteiger charge is 2.28. The number of Topliss-reactive ketones (excluding diaryl/α,β-unsaturated/α-hetero) is 1. The fourth-order valence-electron chi connectivity index (χ4n) is 3.52. The third-order valence-corrected chi connectivity index (χ3v) is 4.99. The highest BCUT2D eigenvalue weighted by Crippen LogP contribution is 2.25. The predicted octanol–water partition coefficient (Wildman–Crippen LogP) is 1.97. The summed E-state index contributed by atoms with van der Waals surface area (Å²) in [5.74, 6) is -0.00322. The van der Waals surface area contributed by atoms with Crippen molar-refractivity contribution in [3.05, 3.63) is 66.0 Å². The number of nitrogens with two attached hydrogens (primary N) is 1. The molecule has 8 heteroatoms. The van der Waals surface area contributed by atoms with Gasteiger partial charge in [-0.15, -0.1) is 0 Å². The summed E-state index contributed by atoms with van der Waals surface area (Å²) >= 11 is 0. The van der Waals surface area contributed by atoms with Gasteiger partial charge in [-0.2, -0.15) is 13.5 Å². The van der Waals surface area contributed by atoms with E-state index in [2.05, 4.69) is 9.98 Å². The monoisotopic (exact) mass is 407 g/mol. The molecule has 0 radical (unpaired) electrons. The summed E-state index contributed by atoms with van der Waals surface area (Å²) in [6.45, 7) is 1.89. The lowest BCUT2D eigenvalue weighted by molar-refractivity contribution is -0.119. The summed E-state index contributed by atoms with van der Waals surface area (Å²) < 4.78 is 5.21.